The van der Waals surface area contributed by atoms with Gasteiger partial charge in [0.25, 0.3) is 0 Å². The molecule has 21 heavy (non-hydrogen) atoms. The number of aryl methyl sites for hydroxylation is 1. The topological polar surface area (TPSA) is 75.4 Å². The Balaban J connectivity index is 2.28. The highest BCUT2D eigenvalue weighted by molar-refractivity contribution is 7.90. The Bertz CT molecular complexity index is 621. The fraction of sp³-hybridized carbons (Fsp3) is 0.500. The van der Waals surface area contributed by atoms with Gasteiger partial charge in [-0.1, -0.05) is 37.2 Å². The molecule has 1 aliphatic heterocycles. The molecule has 3 N–H and O–H groups in total. The Hall–Kier alpha value is -1.18. The van der Waals surface area contributed by atoms with Crippen LogP contribution in [0.3, 0.4) is 0 Å². The number of benzene rings is 1. The largest absolute Gasteiger partial charge is 0.389 e. The van der Waals surface area contributed by atoms with Gasteiger partial charge < -0.3 is 5.73 Å². The van der Waals surface area contributed by atoms with Crippen LogP contribution < -0.4 is 10.5 Å². The summed E-state index contributed by atoms with van der Waals surface area (Å²) in [4.78, 5) is 0.196. The van der Waals surface area contributed by atoms with E-state index in [-0.39, 0.29) is 4.99 Å². The first-order valence-corrected chi connectivity index (χ1v) is 8.94. The van der Waals surface area contributed by atoms with Crippen LogP contribution >= 0.6 is 12.2 Å². The van der Waals surface area contributed by atoms with E-state index in [4.69, 9.17) is 18.0 Å². The van der Waals surface area contributed by atoms with Gasteiger partial charge in [-0.2, -0.15) is 12.7 Å². The van der Waals surface area contributed by atoms with E-state index in [1.54, 1.807) is 12.1 Å². The first-order valence-electron chi connectivity index (χ1n) is 7.09. The molecule has 0 aromatic heterocycles. The quantitative estimate of drug-likeness (QED) is 0.831. The van der Waals surface area contributed by atoms with Gasteiger partial charge in [-0.15, -0.1) is 0 Å². The Morgan fingerprint density at radius 3 is 2.43 bits per heavy atom. The van der Waals surface area contributed by atoms with E-state index in [0.717, 1.165) is 31.2 Å². The normalized spacial score (nSPS) is 17.2. The van der Waals surface area contributed by atoms with Crippen LogP contribution in [0.5, 0.6) is 0 Å². The molecule has 0 unspecified atom stereocenters. The molecule has 1 aromatic rings. The van der Waals surface area contributed by atoms with Gasteiger partial charge in [-0.25, -0.2) is 0 Å². The van der Waals surface area contributed by atoms with Crippen molar-refractivity contribution in [3.63, 3.8) is 0 Å². The standard InChI is InChI=1S/C14H21N3O2S2/c1-11-7-6-8-12(13(11)14(15)20)16-21(18,19)17-9-4-2-3-5-10-17/h6-8,16H,2-5,9-10H2,1H3,(H2,15,20). The third kappa shape index (κ3) is 3.93. The number of thiocarbonyl (C=S) groups is 1. The van der Waals surface area contributed by atoms with E-state index >= 15 is 0 Å². The first-order chi connectivity index (χ1) is 9.92. The summed E-state index contributed by atoms with van der Waals surface area (Å²) < 4.78 is 29.2. The molecule has 1 saturated heterocycles. The van der Waals surface area contributed by atoms with Crippen LogP contribution in [0.4, 0.5) is 5.69 Å². The zero-order chi connectivity index (χ0) is 15.5. The zero-order valence-corrected chi connectivity index (χ0v) is 13.8. The molecule has 0 amide bonds. The van der Waals surface area contributed by atoms with E-state index < -0.39 is 10.2 Å². The lowest BCUT2D eigenvalue weighted by Crippen LogP contribution is -2.37. The van der Waals surface area contributed by atoms with E-state index in [9.17, 15) is 8.42 Å². The molecule has 0 atom stereocenters. The van der Waals surface area contributed by atoms with Crippen molar-refractivity contribution in [3.8, 4) is 0 Å². The van der Waals surface area contributed by atoms with E-state index in [1.807, 2.05) is 13.0 Å². The number of nitrogens with zero attached hydrogens (tertiary/aromatic N) is 1. The number of hydrogen-bond acceptors (Lipinski definition) is 3. The average Bonchev–Trinajstić information content (AvgIpc) is 2.67. The van der Waals surface area contributed by atoms with Gasteiger partial charge in [0, 0.05) is 18.7 Å². The summed E-state index contributed by atoms with van der Waals surface area (Å²) in [7, 11) is -3.56. The summed E-state index contributed by atoms with van der Waals surface area (Å²) in [5, 5.41) is 0. The van der Waals surface area contributed by atoms with Crippen molar-refractivity contribution < 1.29 is 8.42 Å². The van der Waals surface area contributed by atoms with Crippen molar-refractivity contribution in [3.05, 3.63) is 29.3 Å². The monoisotopic (exact) mass is 327 g/mol. The maximum absolute atomic E-state index is 12.5. The van der Waals surface area contributed by atoms with Crippen molar-refractivity contribution in [2.45, 2.75) is 32.6 Å². The number of nitrogens with one attached hydrogen (secondary N) is 1. The smallest absolute Gasteiger partial charge is 0.301 e. The lowest BCUT2D eigenvalue weighted by Gasteiger charge is -2.22. The molecule has 116 valence electrons. The average molecular weight is 327 g/mol. The fourth-order valence-corrected chi connectivity index (χ4v) is 4.15. The fourth-order valence-electron chi connectivity index (χ4n) is 2.57. The maximum atomic E-state index is 12.5. The molecule has 0 radical (unpaired) electrons. The minimum atomic E-state index is -3.56. The van der Waals surface area contributed by atoms with Crippen molar-refractivity contribution >= 4 is 33.1 Å². The first kappa shape index (κ1) is 16.2. The second kappa shape index (κ2) is 6.72. The highest BCUT2D eigenvalue weighted by atomic mass is 32.2. The number of anilines is 1. The number of nitrogens with two attached hydrogens (primary N) is 1. The highest BCUT2D eigenvalue weighted by Crippen LogP contribution is 2.22. The summed E-state index contributed by atoms with van der Waals surface area (Å²) >= 11 is 5.03. The van der Waals surface area contributed by atoms with Crippen LogP contribution in [0.1, 0.15) is 36.8 Å². The van der Waals surface area contributed by atoms with Crippen molar-refractivity contribution in [2.24, 2.45) is 5.73 Å². The Kier molecular flexibility index (Phi) is 5.18. The number of rotatable bonds is 4. The molecule has 2 rings (SSSR count). The Morgan fingerprint density at radius 1 is 1.24 bits per heavy atom. The molecule has 1 heterocycles. The summed E-state index contributed by atoms with van der Waals surface area (Å²) in [6.07, 6.45) is 3.96. The Morgan fingerprint density at radius 2 is 1.86 bits per heavy atom. The van der Waals surface area contributed by atoms with Crippen molar-refractivity contribution in [1.82, 2.24) is 4.31 Å². The molecule has 5 nitrogen and oxygen atoms in total. The summed E-state index contributed by atoms with van der Waals surface area (Å²) in [5.41, 5.74) is 7.62. The molecule has 0 bridgehead atoms. The molecule has 1 aliphatic rings. The SMILES string of the molecule is Cc1cccc(NS(=O)(=O)N2CCCCCC2)c1C(N)=S. The molecule has 0 aliphatic carbocycles. The molecule has 1 aromatic carbocycles. The van der Waals surface area contributed by atoms with Gasteiger partial charge in [0.2, 0.25) is 0 Å². The third-order valence-electron chi connectivity index (χ3n) is 3.66. The van der Waals surface area contributed by atoms with Crippen LogP contribution in [0.25, 0.3) is 0 Å². The molecular formula is C14H21N3O2S2. The zero-order valence-electron chi connectivity index (χ0n) is 12.1. The van der Waals surface area contributed by atoms with Gasteiger partial charge in [-0.3, -0.25) is 4.72 Å². The van der Waals surface area contributed by atoms with E-state index in [1.165, 1.54) is 4.31 Å². The van der Waals surface area contributed by atoms with Crippen molar-refractivity contribution in [2.75, 3.05) is 17.8 Å². The molecular weight excluding hydrogens is 306 g/mol. The van der Waals surface area contributed by atoms with Crippen LogP contribution in [-0.4, -0.2) is 30.8 Å². The second-order valence-electron chi connectivity index (χ2n) is 5.28. The molecule has 0 saturated carbocycles. The minimum Gasteiger partial charge on any atom is -0.389 e. The lowest BCUT2D eigenvalue weighted by atomic mass is 10.1. The summed E-state index contributed by atoms with van der Waals surface area (Å²) in [6, 6.07) is 5.34. The maximum Gasteiger partial charge on any atom is 0.301 e. The van der Waals surface area contributed by atoms with Gasteiger partial charge in [-0.05, 0) is 31.4 Å². The van der Waals surface area contributed by atoms with E-state index in [0.29, 0.717) is 24.3 Å². The number of hydrogen-bond donors (Lipinski definition) is 2. The van der Waals surface area contributed by atoms with Gasteiger partial charge >= 0.3 is 10.2 Å². The summed E-state index contributed by atoms with van der Waals surface area (Å²) in [6.45, 7) is 2.98. The van der Waals surface area contributed by atoms with Gasteiger partial charge in [0.05, 0.1) is 5.69 Å². The highest BCUT2D eigenvalue weighted by Gasteiger charge is 2.24. The molecule has 0 spiro atoms. The van der Waals surface area contributed by atoms with E-state index in [2.05, 4.69) is 4.72 Å². The summed E-state index contributed by atoms with van der Waals surface area (Å²) in [5.74, 6) is 0. The lowest BCUT2D eigenvalue weighted by molar-refractivity contribution is 0.427. The van der Waals surface area contributed by atoms with Crippen LogP contribution in [0.15, 0.2) is 18.2 Å². The third-order valence-corrected chi connectivity index (χ3v) is 5.39. The predicted molar refractivity (Wildman–Crippen MR) is 89.6 cm³/mol. The Labute approximate surface area is 131 Å². The van der Waals surface area contributed by atoms with Gasteiger partial charge in [0.1, 0.15) is 4.99 Å². The second-order valence-corrected chi connectivity index (χ2v) is 7.39. The van der Waals surface area contributed by atoms with Crippen LogP contribution in [0.2, 0.25) is 0 Å². The molecule has 1 fully saturated rings. The minimum absolute atomic E-state index is 0.196. The van der Waals surface area contributed by atoms with Crippen LogP contribution in [0, 0.1) is 6.92 Å². The van der Waals surface area contributed by atoms with Crippen molar-refractivity contribution in [1.29, 1.82) is 0 Å². The molecule has 7 heteroatoms. The van der Waals surface area contributed by atoms with Crippen LogP contribution in [-0.2, 0) is 10.2 Å². The van der Waals surface area contributed by atoms with Gasteiger partial charge in [0.15, 0.2) is 0 Å². The predicted octanol–water partition coefficient (Wildman–Crippen LogP) is 2.16.